The standard InChI is InChI=1S/C25H34BrN3O4S/c1-6-7-14-27-25(31)20(4)28(16-21-10-8-18(2)9-11-21)24(30)17-29(34(5,32)33)22-12-13-23(26)19(3)15-22/h8-13,15,20H,6-7,14,16-17H2,1-5H3,(H,27,31). The number of anilines is 1. The van der Waals surface area contributed by atoms with Crippen LogP contribution in [0.4, 0.5) is 5.69 Å². The highest BCUT2D eigenvalue weighted by Crippen LogP contribution is 2.25. The summed E-state index contributed by atoms with van der Waals surface area (Å²) >= 11 is 3.42. The molecule has 34 heavy (non-hydrogen) atoms. The van der Waals surface area contributed by atoms with E-state index in [1.54, 1.807) is 25.1 Å². The van der Waals surface area contributed by atoms with Crippen LogP contribution in [0.3, 0.4) is 0 Å². The van der Waals surface area contributed by atoms with Gasteiger partial charge in [0.15, 0.2) is 0 Å². The molecule has 7 nitrogen and oxygen atoms in total. The van der Waals surface area contributed by atoms with Gasteiger partial charge in [0.1, 0.15) is 12.6 Å². The number of carbonyl (C=O) groups excluding carboxylic acids is 2. The van der Waals surface area contributed by atoms with Crippen molar-refractivity contribution in [3.8, 4) is 0 Å². The number of nitrogens with one attached hydrogen (secondary N) is 1. The lowest BCUT2D eigenvalue weighted by Gasteiger charge is -2.31. The van der Waals surface area contributed by atoms with E-state index in [0.29, 0.717) is 12.2 Å². The van der Waals surface area contributed by atoms with E-state index in [2.05, 4.69) is 21.2 Å². The summed E-state index contributed by atoms with van der Waals surface area (Å²) in [6, 6.07) is 12.0. The molecule has 1 atom stereocenters. The quantitative estimate of drug-likeness (QED) is 0.424. The number of hydrogen-bond donors (Lipinski definition) is 1. The Morgan fingerprint density at radius 2 is 1.74 bits per heavy atom. The minimum Gasteiger partial charge on any atom is -0.354 e. The molecule has 0 aliphatic carbocycles. The van der Waals surface area contributed by atoms with Crippen molar-refractivity contribution in [3.63, 3.8) is 0 Å². The summed E-state index contributed by atoms with van der Waals surface area (Å²) in [5.41, 5.74) is 3.18. The van der Waals surface area contributed by atoms with Gasteiger partial charge in [0.2, 0.25) is 21.8 Å². The van der Waals surface area contributed by atoms with Crippen molar-refractivity contribution in [3.05, 3.63) is 63.6 Å². The first-order chi connectivity index (χ1) is 15.9. The number of carbonyl (C=O) groups is 2. The molecular weight excluding hydrogens is 518 g/mol. The van der Waals surface area contributed by atoms with E-state index in [4.69, 9.17) is 0 Å². The molecule has 0 fully saturated rings. The molecule has 0 heterocycles. The van der Waals surface area contributed by atoms with Gasteiger partial charge in [-0.25, -0.2) is 8.42 Å². The van der Waals surface area contributed by atoms with Gasteiger partial charge in [0.05, 0.1) is 11.9 Å². The van der Waals surface area contributed by atoms with E-state index < -0.39 is 28.5 Å². The van der Waals surface area contributed by atoms with Crippen LogP contribution in [0, 0.1) is 13.8 Å². The maximum atomic E-state index is 13.5. The van der Waals surface area contributed by atoms with Gasteiger partial charge < -0.3 is 10.2 Å². The van der Waals surface area contributed by atoms with Gasteiger partial charge in [0, 0.05) is 17.6 Å². The number of rotatable bonds is 11. The third-order valence-electron chi connectivity index (χ3n) is 5.58. The van der Waals surface area contributed by atoms with E-state index in [0.717, 1.165) is 44.6 Å². The second kappa shape index (κ2) is 12.4. The van der Waals surface area contributed by atoms with Crippen LogP contribution >= 0.6 is 15.9 Å². The van der Waals surface area contributed by atoms with Crippen LogP contribution in [-0.4, -0.2) is 50.5 Å². The third-order valence-corrected chi connectivity index (χ3v) is 7.61. The Balaban J connectivity index is 2.35. The van der Waals surface area contributed by atoms with Gasteiger partial charge in [-0.2, -0.15) is 0 Å². The summed E-state index contributed by atoms with van der Waals surface area (Å²) in [5.74, 6) is -0.719. The molecule has 9 heteroatoms. The molecular formula is C25H34BrN3O4S. The number of halogens is 1. The molecule has 0 aromatic heterocycles. The summed E-state index contributed by atoms with van der Waals surface area (Å²) in [7, 11) is -3.75. The minimum absolute atomic E-state index is 0.193. The predicted octanol–water partition coefficient (Wildman–Crippen LogP) is 4.17. The molecule has 0 saturated heterocycles. The number of benzene rings is 2. The van der Waals surface area contributed by atoms with Crippen LogP contribution in [0.15, 0.2) is 46.9 Å². The van der Waals surface area contributed by atoms with Crippen LogP contribution in [0.25, 0.3) is 0 Å². The van der Waals surface area contributed by atoms with Gasteiger partial charge in [-0.05, 0) is 56.5 Å². The number of nitrogens with zero attached hydrogens (tertiary/aromatic N) is 2. The average Bonchev–Trinajstić information content (AvgIpc) is 2.77. The minimum atomic E-state index is -3.75. The highest BCUT2D eigenvalue weighted by molar-refractivity contribution is 9.10. The van der Waals surface area contributed by atoms with Crippen molar-refractivity contribution < 1.29 is 18.0 Å². The number of amides is 2. The molecule has 2 amide bonds. The Labute approximate surface area is 211 Å². The second-order valence-electron chi connectivity index (χ2n) is 8.53. The molecule has 0 aliphatic rings. The van der Waals surface area contributed by atoms with Crippen LogP contribution in [0.1, 0.15) is 43.4 Å². The zero-order chi connectivity index (χ0) is 25.5. The molecule has 2 aromatic rings. The van der Waals surface area contributed by atoms with Crippen LogP contribution < -0.4 is 9.62 Å². The summed E-state index contributed by atoms with van der Waals surface area (Å²) < 4.78 is 27.2. The van der Waals surface area contributed by atoms with E-state index in [1.807, 2.05) is 45.0 Å². The molecule has 0 radical (unpaired) electrons. The maximum Gasteiger partial charge on any atom is 0.244 e. The lowest BCUT2D eigenvalue weighted by atomic mass is 10.1. The van der Waals surface area contributed by atoms with Crippen LogP contribution in [-0.2, 0) is 26.2 Å². The van der Waals surface area contributed by atoms with Crippen LogP contribution in [0.2, 0.25) is 0 Å². The highest BCUT2D eigenvalue weighted by atomic mass is 79.9. The Bertz CT molecular complexity index is 1100. The molecule has 2 aromatic carbocycles. The van der Waals surface area contributed by atoms with Gasteiger partial charge >= 0.3 is 0 Å². The van der Waals surface area contributed by atoms with Gasteiger partial charge in [-0.1, -0.05) is 59.1 Å². The Hall–Kier alpha value is -2.39. The molecule has 0 spiro atoms. The van der Waals surface area contributed by atoms with E-state index in [9.17, 15) is 18.0 Å². The van der Waals surface area contributed by atoms with E-state index >= 15 is 0 Å². The fourth-order valence-corrected chi connectivity index (χ4v) is 4.49. The Morgan fingerprint density at radius 3 is 2.29 bits per heavy atom. The average molecular weight is 553 g/mol. The van der Waals surface area contributed by atoms with Crippen molar-refractivity contribution in [1.29, 1.82) is 0 Å². The zero-order valence-corrected chi connectivity index (χ0v) is 22.9. The monoisotopic (exact) mass is 551 g/mol. The second-order valence-corrected chi connectivity index (χ2v) is 11.3. The van der Waals surface area contributed by atoms with Gasteiger partial charge in [-0.3, -0.25) is 13.9 Å². The fourth-order valence-electron chi connectivity index (χ4n) is 3.41. The van der Waals surface area contributed by atoms with Crippen molar-refractivity contribution in [2.24, 2.45) is 0 Å². The number of hydrogen-bond acceptors (Lipinski definition) is 4. The molecule has 0 saturated carbocycles. The summed E-state index contributed by atoms with van der Waals surface area (Å²) in [6.45, 7) is 7.84. The van der Waals surface area contributed by atoms with E-state index in [1.165, 1.54) is 4.90 Å². The van der Waals surface area contributed by atoms with Gasteiger partial charge in [-0.15, -0.1) is 0 Å². The van der Waals surface area contributed by atoms with Gasteiger partial charge in [0.25, 0.3) is 0 Å². The fraction of sp³-hybridized carbons (Fsp3) is 0.440. The Kier molecular flexibility index (Phi) is 10.1. The predicted molar refractivity (Wildman–Crippen MR) is 140 cm³/mol. The summed E-state index contributed by atoms with van der Waals surface area (Å²) in [5, 5.41) is 2.87. The first-order valence-corrected chi connectivity index (χ1v) is 13.9. The first kappa shape index (κ1) is 27.9. The van der Waals surface area contributed by atoms with Crippen molar-refractivity contribution >= 4 is 43.5 Å². The topological polar surface area (TPSA) is 86.8 Å². The molecule has 0 bridgehead atoms. The van der Waals surface area contributed by atoms with Crippen molar-refractivity contribution in [2.75, 3.05) is 23.7 Å². The zero-order valence-electron chi connectivity index (χ0n) is 20.5. The van der Waals surface area contributed by atoms with E-state index in [-0.39, 0.29) is 12.5 Å². The number of aryl methyl sites for hydroxylation is 2. The summed E-state index contributed by atoms with van der Waals surface area (Å²) in [4.78, 5) is 27.7. The molecule has 186 valence electrons. The number of unbranched alkanes of at least 4 members (excludes halogenated alkanes) is 1. The summed E-state index contributed by atoms with van der Waals surface area (Å²) in [6.07, 6.45) is 2.86. The molecule has 0 aliphatic heterocycles. The molecule has 2 rings (SSSR count). The lowest BCUT2D eigenvalue weighted by Crippen LogP contribution is -2.51. The molecule has 1 unspecified atom stereocenters. The molecule has 1 N–H and O–H groups in total. The lowest BCUT2D eigenvalue weighted by molar-refractivity contribution is -0.139. The van der Waals surface area contributed by atoms with Crippen LogP contribution in [0.5, 0.6) is 0 Å². The SMILES string of the molecule is CCCCNC(=O)C(C)N(Cc1ccc(C)cc1)C(=O)CN(c1ccc(Br)c(C)c1)S(C)(=O)=O. The van der Waals surface area contributed by atoms with Crippen molar-refractivity contribution in [1.82, 2.24) is 10.2 Å². The Morgan fingerprint density at radius 1 is 1.09 bits per heavy atom. The highest BCUT2D eigenvalue weighted by Gasteiger charge is 2.30. The third kappa shape index (κ3) is 7.84. The normalized spacial score (nSPS) is 12.2. The largest absolute Gasteiger partial charge is 0.354 e. The van der Waals surface area contributed by atoms with Crippen molar-refractivity contribution in [2.45, 2.75) is 53.1 Å². The smallest absolute Gasteiger partial charge is 0.244 e. The first-order valence-electron chi connectivity index (χ1n) is 11.3. The number of sulfonamides is 1. The maximum absolute atomic E-state index is 13.5.